The third kappa shape index (κ3) is 3.16. The first-order valence-electron chi connectivity index (χ1n) is 4.32. The number of halogens is 4. The van der Waals surface area contributed by atoms with Gasteiger partial charge in [-0.3, -0.25) is 9.63 Å². The third-order valence-electron chi connectivity index (χ3n) is 1.93. The van der Waals surface area contributed by atoms with Crippen molar-refractivity contribution in [3.05, 3.63) is 28.0 Å². The molecule has 0 unspecified atom stereocenters. The first kappa shape index (κ1) is 13.9. The SMILES string of the molecule is CON(C)C(=O)c1ncc(C(F)(F)F)cc1Br. The lowest BCUT2D eigenvalue weighted by atomic mass is 10.2. The zero-order valence-corrected chi connectivity index (χ0v) is 10.5. The molecule has 1 aromatic heterocycles. The molecule has 1 amide bonds. The number of hydroxylamine groups is 2. The molecule has 0 N–H and O–H groups in total. The molecule has 0 aliphatic heterocycles. The standard InChI is InChI=1S/C9H8BrF3N2O2/c1-15(17-2)8(16)7-6(10)3-5(4-14-7)9(11,12)13/h3-4H,1-2H3. The Morgan fingerprint density at radius 2 is 2.12 bits per heavy atom. The van der Waals surface area contributed by atoms with E-state index in [0.717, 1.165) is 11.1 Å². The number of alkyl halides is 3. The van der Waals surface area contributed by atoms with Crippen molar-refractivity contribution in [1.82, 2.24) is 10.0 Å². The minimum atomic E-state index is -4.50. The highest BCUT2D eigenvalue weighted by atomic mass is 79.9. The number of rotatable bonds is 2. The van der Waals surface area contributed by atoms with Crippen LogP contribution in [0.25, 0.3) is 0 Å². The van der Waals surface area contributed by atoms with Gasteiger partial charge in [0.1, 0.15) is 5.69 Å². The van der Waals surface area contributed by atoms with Crippen molar-refractivity contribution in [3.8, 4) is 0 Å². The van der Waals surface area contributed by atoms with Crippen LogP contribution in [0.2, 0.25) is 0 Å². The summed E-state index contributed by atoms with van der Waals surface area (Å²) < 4.78 is 37.0. The first-order valence-corrected chi connectivity index (χ1v) is 5.11. The molecule has 0 aliphatic carbocycles. The lowest BCUT2D eigenvalue weighted by Crippen LogP contribution is -2.26. The Kier molecular flexibility index (Phi) is 4.10. The van der Waals surface area contributed by atoms with Crippen LogP contribution in [-0.4, -0.2) is 30.1 Å². The van der Waals surface area contributed by atoms with E-state index >= 15 is 0 Å². The highest BCUT2D eigenvalue weighted by Crippen LogP contribution is 2.31. The van der Waals surface area contributed by atoms with Gasteiger partial charge in [-0.2, -0.15) is 13.2 Å². The van der Waals surface area contributed by atoms with Gasteiger partial charge in [-0.25, -0.2) is 10.0 Å². The van der Waals surface area contributed by atoms with Gasteiger partial charge in [0.15, 0.2) is 0 Å². The Balaban J connectivity index is 3.11. The molecule has 0 fully saturated rings. The van der Waals surface area contributed by atoms with Crippen LogP contribution in [0.4, 0.5) is 13.2 Å². The van der Waals surface area contributed by atoms with Crippen LogP contribution < -0.4 is 0 Å². The topological polar surface area (TPSA) is 42.4 Å². The second kappa shape index (κ2) is 5.01. The number of aromatic nitrogens is 1. The molecule has 1 aromatic rings. The van der Waals surface area contributed by atoms with Crippen molar-refractivity contribution in [1.29, 1.82) is 0 Å². The Hall–Kier alpha value is -1.15. The van der Waals surface area contributed by atoms with E-state index in [-0.39, 0.29) is 10.2 Å². The molecule has 94 valence electrons. The number of carbonyl (C=O) groups excluding carboxylic acids is 1. The molecular weight excluding hydrogens is 305 g/mol. The smallest absolute Gasteiger partial charge is 0.274 e. The number of amides is 1. The molecule has 1 heterocycles. The van der Waals surface area contributed by atoms with Gasteiger partial charge in [-0.05, 0) is 22.0 Å². The molecule has 1 rings (SSSR count). The summed E-state index contributed by atoms with van der Waals surface area (Å²) in [6, 6.07) is 0.795. The molecule has 0 radical (unpaired) electrons. The zero-order valence-electron chi connectivity index (χ0n) is 8.88. The van der Waals surface area contributed by atoms with E-state index in [2.05, 4.69) is 25.8 Å². The largest absolute Gasteiger partial charge is 0.417 e. The van der Waals surface area contributed by atoms with Crippen molar-refractivity contribution >= 4 is 21.8 Å². The quantitative estimate of drug-likeness (QED) is 0.788. The summed E-state index contributed by atoms with van der Waals surface area (Å²) >= 11 is 2.87. The van der Waals surface area contributed by atoms with Gasteiger partial charge in [-0.1, -0.05) is 0 Å². The van der Waals surface area contributed by atoms with E-state index in [1.165, 1.54) is 14.2 Å². The summed E-state index contributed by atoms with van der Waals surface area (Å²) in [5.74, 6) is -0.645. The molecule has 4 nitrogen and oxygen atoms in total. The normalized spacial score (nSPS) is 11.4. The van der Waals surface area contributed by atoms with Crippen molar-refractivity contribution in [2.24, 2.45) is 0 Å². The highest BCUT2D eigenvalue weighted by Gasteiger charge is 2.32. The summed E-state index contributed by atoms with van der Waals surface area (Å²) in [6.45, 7) is 0. The summed E-state index contributed by atoms with van der Waals surface area (Å²) in [5.41, 5.74) is -1.08. The second-order valence-corrected chi connectivity index (χ2v) is 3.89. The fourth-order valence-corrected chi connectivity index (χ4v) is 1.50. The van der Waals surface area contributed by atoms with Gasteiger partial charge in [0, 0.05) is 17.7 Å². The van der Waals surface area contributed by atoms with Gasteiger partial charge in [0.05, 0.1) is 12.7 Å². The molecule has 8 heteroatoms. The van der Waals surface area contributed by atoms with Gasteiger partial charge in [0.2, 0.25) is 0 Å². The van der Waals surface area contributed by atoms with Crippen LogP contribution in [0.15, 0.2) is 16.7 Å². The van der Waals surface area contributed by atoms with E-state index in [9.17, 15) is 18.0 Å². The van der Waals surface area contributed by atoms with Crippen molar-refractivity contribution < 1.29 is 22.8 Å². The molecule has 0 aromatic carbocycles. The maximum absolute atomic E-state index is 12.3. The lowest BCUT2D eigenvalue weighted by molar-refractivity contribution is -0.137. The van der Waals surface area contributed by atoms with Gasteiger partial charge in [-0.15, -0.1) is 0 Å². The maximum atomic E-state index is 12.3. The monoisotopic (exact) mass is 312 g/mol. The van der Waals surface area contributed by atoms with Gasteiger partial charge >= 0.3 is 6.18 Å². The predicted octanol–water partition coefficient (Wildman–Crippen LogP) is 2.50. The summed E-state index contributed by atoms with van der Waals surface area (Å²) in [7, 11) is 2.59. The van der Waals surface area contributed by atoms with Crippen LogP contribution in [0.1, 0.15) is 16.1 Å². The summed E-state index contributed by atoms with van der Waals surface area (Å²) in [5, 5.41) is 0.861. The Labute approximate surface area is 103 Å². The number of carbonyl (C=O) groups is 1. The maximum Gasteiger partial charge on any atom is 0.417 e. The van der Waals surface area contributed by atoms with Gasteiger partial charge in [0.25, 0.3) is 5.91 Å². The second-order valence-electron chi connectivity index (χ2n) is 3.04. The van der Waals surface area contributed by atoms with Crippen LogP contribution >= 0.6 is 15.9 Å². The Morgan fingerprint density at radius 3 is 2.53 bits per heavy atom. The molecule has 0 saturated heterocycles. The molecule has 0 aliphatic rings. The molecule has 0 spiro atoms. The molecule has 0 saturated carbocycles. The molecular formula is C9H8BrF3N2O2. The van der Waals surface area contributed by atoms with Crippen LogP contribution in [0.5, 0.6) is 0 Å². The third-order valence-corrected chi connectivity index (χ3v) is 2.54. The lowest BCUT2D eigenvalue weighted by Gasteiger charge is -2.14. The van der Waals surface area contributed by atoms with Crippen LogP contribution in [0.3, 0.4) is 0 Å². The predicted molar refractivity (Wildman–Crippen MR) is 56.0 cm³/mol. The van der Waals surface area contributed by atoms with E-state index < -0.39 is 17.6 Å². The van der Waals surface area contributed by atoms with Crippen molar-refractivity contribution in [2.75, 3.05) is 14.2 Å². The fourth-order valence-electron chi connectivity index (χ4n) is 0.982. The van der Waals surface area contributed by atoms with E-state index in [0.29, 0.717) is 6.20 Å². The minimum absolute atomic E-state index is 0.0405. The number of hydrogen-bond acceptors (Lipinski definition) is 3. The van der Waals surface area contributed by atoms with E-state index in [1.807, 2.05) is 0 Å². The average Bonchev–Trinajstić information content (AvgIpc) is 2.25. The van der Waals surface area contributed by atoms with Crippen molar-refractivity contribution in [2.45, 2.75) is 6.18 Å². The van der Waals surface area contributed by atoms with E-state index in [4.69, 9.17) is 0 Å². The Morgan fingerprint density at radius 1 is 1.53 bits per heavy atom. The zero-order chi connectivity index (χ0) is 13.2. The summed E-state index contributed by atoms with van der Waals surface area (Å²) in [6.07, 6.45) is -3.90. The molecule has 17 heavy (non-hydrogen) atoms. The number of pyridine rings is 1. The fraction of sp³-hybridized carbons (Fsp3) is 0.333. The van der Waals surface area contributed by atoms with Gasteiger partial charge < -0.3 is 0 Å². The van der Waals surface area contributed by atoms with Crippen LogP contribution in [0, 0.1) is 0 Å². The molecule has 0 bridgehead atoms. The Bertz CT molecular complexity index is 437. The number of nitrogens with zero attached hydrogens (tertiary/aromatic N) is 2. The number of hydrogen-bond donors (Lipinski definition) is 0. The van der Waals surface area contributed by atoms with Crippen molar-refractivity contribution in [3.63, 3.8) is 0 Å². The minimum Gasteiger partial charge on any atom is -0.274 e. The highest BCUT2D eigenvalue weighted by molar-refractivity contribution is 9.10. The summed E-state index contributed by atoms with van der Waals surface area (Å²) in [4.78, 5) is 19.7. The molecule has 0 atom stereocenters. The van der Waals surface area contributed by atoms with E-state index in [1.54, 1.807) is 0 Å². The van der Waals surface area contributed by atoms with Crippen LogP contribution in [-0.2, 0) is 11.0 Å². The first-order chi connectivity index (χ1) is 7.77. The average molecular weight is 313 g/mol.